The summed E-state index contributed by atoms with van der Waals surface area (Å²) in [6.45, 7) is 5.78. The van der Waals surface area contributed by atoms with Crippen LogP contribution in [-0.4, -0.2) is 32.1 Å². The summed E-state index contributed by atoms with van der Waals surface area (Å²) in [6, 6.07) is 6.10. The summed E-state index contributed by atoms with van der Waals surface area (Å²) < 4.78 is 6.08. The third-order valence-electron chi connectivity index (χ3n) is 2.73. The summed E-state index contributed by atoms with van der Waals surface area (Å²) in [5.41, 5.74) is 7.29. The van der Waals surface area contributed by atoms with E-state index in [2.05, 4.69) is 34.7 Å². The number of amidine groups is 1. The molecule has 0 heterocycles. The SMILES string of the molecule is COCCN(c1ccc(C(=N)N)cc1Br)C(C)C. The average molecular weight is 314 g/mol. The summed E-state index contributed by atoms with van der Waals surface area (Å²) >= 11 is 3.54. The van der Waals surface area contributed by atoms with Gasteiger partial charge in [-0.2, -0.15) is 0 Å². The molecule has 0 saturated carbocycles. The Morgan fingerprint density at radius 1 is 1.50 bits per heavy atom. The summed E-state index contributed by atoms with van der Waals surface area (Å²) in [5.74, 6) is 0.0789. The minimum Gasteiger partial charge on any atom is -0.384 e. The molecular weight excluding hydrogens is 294 g/mol. The van der Waals surface area contributed by atoms with Crippen molar-refractivity contribution < 1.29 is 4.74 Å². The predicted octanol–water partition coefficient (Wildman–Crippen LogP) is 2.59. The summed E-state index contributed by atoms with van der Waals surface area (Å²) in [6.07, 6.45) is 0. The van der Waals surface area contributed by atoms with Gasteiger partial charge in [-0.3, -0.25) is 5.41 Å². The largest absolute Gasteiger partial charge is 0.384 e. The van der Waals surface area contributed by atoms with Crippen molar-refractivity contribution in [2.45, 2.75) is 19.9 Å². The number of nitrogens with zero attached hydrogens (tertiary/aromatic N) is 1. The Morgan fingerprint density at radius 2 is 2.17 bits per heavy atom. The van der Waals surface area contributed by atoms with E-state index in [1.54, 1.807) is 7.11 Å². The molecule has 1 aromatic rings. The highest BCUT2D eigenvalue weighted by Gasteiger charge is 2.14. The molecule has 1 aromatic carbocycles. The quantitative estimate of drug-likeness (QED) is 0.627. The molecule has 0 aliphatic heterocycles. The van der Waals surface area contributed by atoms with Crippen molar-refractivity contribution in [1.29, 1.82) is 5.41 Å². The Balaban J connectivity index is 3.01. The zero-order chi connectivity index (χ0) is 13.7. The maximum atomic E-state index is 7.43. The molecule has 4 nitrogen and oxygen atoms in total. The molecule has 0 amide bonds. The van der Waals surface area contributed by atoms with Crippen LogP contribution in [0.1, 0.15) is 19.4 Å². The van der Waals surface area contributed by atoms with Gasteiger partial charge in [-0.1, -0.05) is 0 Å². The van der Waals surface area contributed by atoms with Gasteiger partial charge in [-0.25, -0.2) is 0 Å². The Bertz CT molecular complexity index is 421. The van der Waals surface area contributed by atoms with E-state index in [1.165, 1.54) is 0 Å². The lowest BCUT2D eigenvalue weighted by Crippen LogP contribution is -2.34. The Kier molecular flexibility index (Phi) is 5.62. The van der Waals surface area contributed by atoms with Crippen molar-refractivity contribution in [3.05, 3.63) is 28.2 Å². The first kappa shape index (κ1) is 15.0. The van der Waals surface area contributed by atoms with Gasteiger partial charge in [-0.05, 0) is 48.0 Å². The van der Waals surface area contributed by atoms with Crippen molar-refractivity contribution in [3.63, 3.8) is 0 Å². The highest BCUT2D eigenvalue weighted by Crippen LogP contribution is 2.28. The van der Waals surface area contributed by atoms with E-state index < -0.39 is 0 Å². The van der Waals surface area contributed by atoms with E-state index in [0.29, 0.717) is 12.6 Å². The molecule has 0 atom stereocenters. The number of ether oxygens (including phenoxy) is 1. The molecule has 0 aliphatic carbocycles. The van der Waals surface area contributed by atoms with Crippen molar-refractivity contribution >= 4 is 27.5 Å². The number of methoxy groups -OCH3 is 1. The van der Waals surface area contributed by atoms with E-state index in [9.17, 15) is 0 Å². The van der Waals surface area contributed by atoms with Crippen LogP contribution < -0.4 is 10.6 Å². The number of nitrogens with one attached hydrogen (secondary N) is 1. The number of benzene rings is 1. The molecule has 0 fully saturated rings. The van der Waals surface area contributed by atoms with Gasteiger partial charge < -0.3 is 15.4 Å². The second-order valence-electron chi connectivity index (χ2n) is 4.36. The highest BCUT2D eigenvalue weighted by atomic mass is 79.9. The molecule has 0 spiro atoms. The van der Waals surface area contributed by atoms with Gasteiger partial charge in [0.2, 0.25) is 0 Å². The summed E-state index contributed by atoms with van der Waals surface area (Å²) in [7, 11) is 1.70. The lowest BCUT2D eigenvalue weighted by atomic mass is 10.1. The topological polar surface area (TPSA) is 62.3 Å². The van der Waals surface area contributed by atoms with E-state index in [4.69, 9.17) is 15.9 Å². The fourth-order valence-electron chi connectivity index (χ4n) is 1.75. The minimum absolute atomic E-state index is 0.0789. The number of rotatable bonds is 6. The lowest BCUT2D eigenvalue weighted by Gasteiger charge is -2.30. The van der Waals surface area contributed by atoms with E-state index in [1.807, 2.05) is 18.2 Å². The van der Waals surface area contributed by atoms with Gasteiger partial charge in [0, 0.05) is 29.7 Å². The number of anilines is 1. The van der Waals surface area contributed by atoms with Crippen LogP contribution in [0, 0.1) is 5.41 Å². The van der Waals surface area contributed by atoms with Gasteiger partial charge in [0.1, 0.15) is 5.84 Å². The molecule has 0 saturated heterocycles. The Hall–Kier alpha value is -1.07. The fraction of sp³-hybridized carbons (Fsp3) is 0.462. The standard InChI is InChI=1S/C13H20BrN3O/c1-9(2)17(6-7-18-3)12-5-4-10(13(15)16)8-11(12)14/h4-5,8-9H,6-7H2,1-3H3,(H3,15,16). The first-order valence-electron chi connectivity index (χ1n) is 5.87. The number of nitrogens with two attached hydrogens (primary N) is 1. The van der Waals surface area contributed by atoms with Crippen LogP contribution in [0.4, 0.5) is 5.69 Å². The first-order chi connectivity index (χ1) is 8.47. The van der Waals surface area contributed by atoms with Crippen molar-refractivity contribution in [2.75, 3.05) is 25.2 Å². The zero-order valence-electron chi connectivity index (χ0n) is 11.0. The second kappa shape index (κ2) is 6.75. The maximum absolute atomic E-state index is 7.43. The highest BCUT2D eigenvalue weighted by molar-refractivity contribution is 9.10. The molecule has 0 aromatic heterocycles. The third kappa shape index (κ3) is 3.71. The molecule has 5 heteroatoms. The molecule has 0 bridgehead atoms. The number of nitrogen functional groups attached to an aromatic ring is 1. The van der Waals surface area contributed by atoms with Crippen LogP contribution in [0.3, 0.4) is 0 Å². The maximum Gasteiger partial charge on any atom is 0.122 e. The number of halogens is 1. The Labute approximate surface area is 117 Å². The first-order valence-corrected chi connectivity index (χ1v) is 6.66. The molecule has 3 N–H and O–H groups in total. The summed E-state index contributed by atoms with van der Waals surface area (Å²) in [4.78, 5) is 2.25. The number of hydrogen-bond acceptors (Lipinski definition) is 3. The number of hydrogen-bond donors (Lipinski definition) is 2. The van der Waals surface area contributed by atoms with E-state index >= 15 is 0 Å². The normalized spacial score (nSPS) is 10.7. The fourth-order valence-corrected chi connectivity index (χ4v) is 2.36. The van der Waals surface area contributed by atoms with Crippen molar-refractivity contribution in [1.82, 2.24) is 0 Å². The van der Waals surface area contributed by atoms with Gasteiger partial charge in [0.05, 0.1) is 12.3 Å². The minimum atomic E-state index is 0.0789. The predicted molar refractivity (Wildman–Crippen MR) is 79.5 cm³/mol. The Morgan fingerprint density at radius 3 is 2.61 bits per heavy atom. The van der Waals surface area contributed by atoms with E-state index in [-0.39, 0.29) is 5.84 Å². The van der Waals surface area contributed by atoms with E-state index in [0.717, 1.165) is 22.3 Å². The van der Waals surface area contributed by atoms with Crippen LogP contribution in [-0.2, 0) is 4.74 Å². The van der Waals surface area contributed by atoms with Crippen LogP contribution in [0.2, 0.25) is 0 Å². The molecule has 1 rings (SSSR count). The molecule has 18 heavy (non-hydrogen) atoms. The van der Waals surface area contributed by atoms with Crippen LogP contribution in [0.25, 0.3) is 0 Å². The van der Waals surface area contributed by atoms with Crippen LogP contribution in [0.5, 0.6) is 0 Å². The van der Waals surface area contributed by atoms with Crippen molar-refractivity contribution in [3.8, 4) is 0 Å². The zero-order valence-corrected chi connectivity index (χ0v) is 12.6. The molecule has 0 aliphatic rings. The van der Waals surface area contributed by atoms with Gasteiger partial charge in [0.15, 0.2) is 0 Å². The van der Waals surface area contributed by atoms with Crippen LogP contribution in [0.15, 0.2) is 22.7 Å². The van der Waals surface area contributed by atoms with Gasteiger partial charge >= 0.3 is 0 Å². The van der Waals surface area contributed by atoms with Gasteiger partial charge in [-0.15, -0.1) is 0 Å². The second-order valence-corrected chi connectivity index (χ2v) is 5.21. The molecule has 0 unspecified atom stereocenters. The van der Waals surface area contributed by atoms with Gasteiger partial charge in [0.25, 0.3) is 0 Å². The smallest absolute Gasteiger partial charge is 0.122 e. The lowest BCUT2D eigenvalue weighted by molar-refractivity contribution is 0.204. The molecule has 100 valence electrons. The summed E-state index contributed by atoms with van der Waals surface area (Å²) in [5, 5.41) is 7.43. The third-order valence-corrected chi connectivity index (χ3v) is 3.36. The van der Waals surface area contributed by atoms with Crippen molar-refractivity contribution in [2.24, 2.45) is 5.73 Å². The van der Waals surface area contributed by atoms with Crippen LogP contribution >= 0.6 is 15.9 Å². The molecular formula is C13H20BrN3O. The molecule has 0 radical (unpaired) electrons. The average Bonchev–Trinajstić information content (AvgIpc) is 2.30. The monoisotopic (exact) mass is 313 g/mol.